The van der Waals surface area contributed by atoms with Crippen LogP contribution in [0.3, 0.4) is 0 Å². The van der Waals surface area contributed by atoms with Gasteiger partial charge in [-0.3, -0.25) is 19.2 Å². The molecular formula is C57H69NO16. The fourth-order valence-electron chi connectivity index (χ4n) is 11.4. The number of fused-ring (bicyclic) bond motifs is 2. The Morgan fingerprint density at radius 2 is 1.61 bits per heavy atom. The van der Waals surface area contributed by atoms with Crippen molar-refractivity contribution in [1.29, 1.82) is 0 Å². The van der Waals surface area contributed by atoms with Crippen LogP contribution >= 0.6 is 0 Å². The highest BCUT2D eigenvalue weighted by atomic mass is 16.7. The molecule has 9 rings (SSSR count). The van der Waals surface area contributed by atoms with Gasteiger partial charge in [-0.15, -0.1) is 0 Å². The summed E-state index contributed by atoms with van der Waals surface area (Å²) in [5, 5.41) is 43.6. The number of nitrogens with one attached hydrogen (secondary N) is 1. The summed E-state index contributed by atoms with van der Waals surface area (Å²) >= 11 is 0. The molecule has 2 aromatic carbocycles. The van der Waals surface area contributed by atoms with Gasteiger partial charge in [0.25, 0.3) is 0 Å². The number of Topliss-reactive ketones (excluding diaryl/α,β-unsaturated/α-hetero) is 3. The Morgan fingerprint density at radius 3 is 2.24 bits per heavy atom. The van der Waals surface area contributed by atoms with Crippen LogP contribution in [0, 0.1) is 11.8 Å². The minimum Gasteiger partial charge on any atom is -0.482 e. The Morgan fingerprint density at radius 1 is 0.919 bits per heavy atom. The number of ether oxygens (including phenoxy) is 7. The number of methoxy groups -OCH3 is 1. The van der Waals surface area contributed by atoms with E-state index in [1.54, 1.807) is 32.2 Å². The maximum atomic E-state index is 16.0. The van der Waals surface area contributed by atoms with Crippen LogP contribution in [0.15, 0.2) is 76.9 Å². The van der Waals surface area contributed by atoms with Crippen LogP contribution in [0.2, 0.25) is 0 Å². The topological polar surface area (TPSA) is 243 Å². The lowest BCUT2D eigenvalue weighted by Crippen LogP contribution is -2.79. The van der Waals surface area contributed by atoms with Crippen molar-refractivity contribution in [3.63, 3.8) is 0 Å². The van der Waals surface area contributed by atoms with Crippen LogP contribution in [0.5, 0.6) is 23.0 Å². The first-order valence-corrected chi connectivity index (χ1v) is 25.2. The molecule has 6 unspecified atom stereocenters. The third-order valence-electron chi connectivity index (χ3n) is 15.6. The van der Waals surface area contributed by atoms with Gasteiger partial charge in [0.15, 0.2) is 34.3 Å². The predicted octanol–water partition coefficient (Wildman–Crippen LogP) is 5.96. The van der Waals surface area contributed by atoms with Crippen molar-refractivity contribution in [2.45, 2.75) is 159 Å². The zero-order valence-electron chi connectivity index (χ0n) is 44.0. The molecule has 5 N–H and O–H groups in total. The second kappa shape index (κ2) is 20.1. The van der Waals surface area contributed by atoms with Gasteiger partial charge in [0, 0.05) is 41.0 Å². The maximum Gasteiger partial charge on any atom is 0.333 e. The van der Waals surface area contributed by atoms with E-state index in [0.717, 1.165) is 11.1 Å². The van der Waals surface area contributed by atoms with Crippen LogP contribution in [0.4, 0.5) is 0 Å². The standard InChI is InChI=1S/C57H69NO16/c1-29(2)13-12-22-54(9)23-21-36-46(72-54)35(19-14-30(3)4)48-41(42(61)37-26-55(58-10)27-40-53(7,8)74-56(52(55)67,57(37,40)73-48)24-20-31(5)49(65)68-11)47(36)71-50(66)32(6)25-38(60)33-15-17-34(18-16-33)69-51-45(64)44(63)43(62)39(28-59)70-51/h13-18,20-21,23,26,32,39-40,43-45,51,58-59,62-64H,12,19,22,24-25,27-28H2,1-11H3/b31-20-/t32?,39-,40?,43-,44-,45-,51-,54?,55?,56?,57?/m1/s1. The van der Waals surface area contributed by atoms with Gasteiger partial charge < -0.3 is 58.9 Å². The summed E-state index contributed by atoms with van der Waals surface area (Å²) < 4.78 is 44.1. The second-order valence-corrected chi connectivity index (χ2v) is 21.7. The number of carbonyl (C=O) groups excluding carboxylic acids is 5. The predicted molar refractivity (Wildman–Crippen MR) is 270 cm³/mol. The molecule has 2 saturated heterocycles. The zero-order valence-corrected chi connectivity index (χ0v) is 44.0. The van der Waals surface area contributed by atoms with Crippen molar-refractivity contribution < 1.29 is 77.6 Å². The van der Waals surface area contributed by atoms with Gasteiger partial charge in [-0.1, -0.05) is 36.3 Å². The molecule has 17 heteroatoms. The minimum atomic E-state index is -1.84. The second-order valence-electron chi connectivity index (χ2n) is 21.7. The van der Waals surface area contributed by atoms with Crippen LogP contribution in [0.1, 0.15) is 126 Å². The van der Waals surface area contributed by atoms with Crippen LogP contribution < -0.4 is 24.3 Å². The lowest BCUT2D eigenvalue weighted by molar-refractivity contribution is -0.277. The van der Waals surface area contributed by atoms with E-state index in [-0.39, 0.29) is 71.0 Å². The molecule has 1 saturated carbocycles. The number of carbonyl (C=O) groups is 5. The summed E-state index contributed by atoms with van der Waals surface area (Å²) in [4.78, 5) is 72.6. The SMILES string of the molecule is CNC12C=C3C(=O)c4c(OC(=O)C(C)CC(=O)c5ccc(O[C@@H]6O[C@H](CO)[C@@H](O)[C@@H](O)[C@H]6O)cc5)c5c(c(CC=C(C)C)c4OC34C(C1)C(C)(C)OC4(C/C=C(/C)C(=O)OC)C2=O)OC(C)(CCC=C(C)C)C=C5. The molecule has 3 aliphatic carbocycles. The lowest BCUT2D eigenvalue weighted by atomic mass is 9.48. The van der Waals surface area contributed by atoms with Gasteiger partial charge in [-0.05, 0) is 131 Å². The Balaban J connectivity index is 1.21. The number of ketones is 3. The molecule has 4 aliphatic heterocycles. The zero-order chi connectivity index (χ0) is 54.0. The summed E-state index contributed by atoms with van der Waals surface area (Å²) in [5.74, 6) is -4.03. The van der Waals surface area contributed by atoms with Crippen LogP contribution in [-0.4, -0.2) is 129 Å². The first kappa shape index (κ1) is 54.5. The van der Waals surface area contributed by atoms with Crippen molar-refractivity contribution in [2.24, 2.45) is 11.8 Å². The number of aliphatic hydroxyl groups excluding tert-OH is 4. The Hall–Kier alpha value is -5.79. The molecule has 0 amide bonds. The number of likely N-dealkylation sites (N-methyl/N-ethyl adjacent to an activating group) is 1. The van der Waals surface area contributed by atoms with Gasteiger partial charge in [0.1, 0.15) is 58.4 Å². The highest BCUT2D eigenvalue weighted by molar-refractivity contribution is 6.20. The van der Waals surface area contributed by atoms with E-state index in [1.807, 2.05) is 60.6 Å². The van der Waals surface area contributed by atoms with Crippen LogP contribution in [0.25, 0.3) is 6.08 Å². The number of hydrogen-bond donors (Lipinski definition) is 5. The van der Waals surface area contributed by atoms with E-state index < -0.39 is 101 Å². The smallest absolute Gasteiger partial charge is 0.333 e. The van der Waals surface area contributed by atoms with Crippen LogP contribution in [-0.2, 0) is 35.0 Å². The Bertz CT molecular complexity index is 2790. The van der Waals surface area contributed by atoms with Crippen molar-refractivity contribution in [1.82, 2.24) is 5.32 Å². The molecule has 74 heavy (non-hydrogen) atoms. The summed E-state index contributed by atoms with van der Waals surface area (Å²) in [7, 11) is 2.92. The molecule has 11 atom stereocenters. The summed E-state index contributed by atoms with van der Waals surface area (Å²) in [6.45, 7) is 16.1. The van der Waals surface area contributed by atoms with Gasteiger partial charge in [0.2, 0.25) is 6.29 Å². The van der Waals surface area contributed by atoms with Crippen molar-refractivity contribution in [3.8, 4) is 23.0 Å². The third-order valence-corrected chi connectivity index (χ3v) is 15.6. The summed E-state index contributed by atoms with van der Waals surface area (Å²) in [6.07, 6.45) is 4.76. The monoisotopic (exact) mass is 1020 g/mol. The number of rotatable bonds is 17. The van der Waals surface area contributed by atoms with E-state index in [9.17, 15) is 34.8 Å². The van der Waals surface area contributed by atoms with E-state index in [2.05, 4.69) is 11.4 Å². The molecule has 7 aliphatic rings. The van der Waals surface area contributed by atoms with Gasteiger partial charge in [-0.2, -0.15) is 0 Å². The molecule has 398 valence electrons. The van der Waals surface area contributed by atoms with E-state index in [4.69, 9.17) is 33.2 Å². The van der Waals surface area contributed by atoms with Gasteiger partial charge >= 0.3 is 11.9 Å². The van der Waals surface area contributed by atoms with E-state index in [0.29, 0.717) is 29.7 Å². The number of benzene rings is 2. The van der Waals surface area contributed by atoms with Gasteiger partial charge in [0.05, 0.1) is 30.8 Å². The summed E-state index contributed by atoms with van der Waals surface area (Å²) in [6, 6.07) is 5.77. The van der Waals surface area contributed by atoms with Crippen molar-refractivity contribution >= 4 is 35.4 Å². The highest BCUT2D eigenvalue weighted by Crippen LogP contribution is 2.69. The average Bonchev–Trinajstić information content (AvgIpc) is 3.51. The molecule has 3 fully saturated rings. The van der Waals surface area contributed by atoms with E-state index in [1.165, 1.54) is 38.3 Å². The van der Waals surface area contributed by atoms with Crippen molar-refractivity contribution in [3.05, 3.63) is 99.2 Å². The minimum absolute atomic E-state index is 0.0547. The molecule has 0 aromatic heterocycles. The molecule has 4 bridgehead atoms. The fraction of sp³-hybridized carbons (Fsp3) is 0.526. The largest absolute Gasteiger partial charge is 0.482 e. The first-order chi connectivity index (χ1) is 34.8. The normalized spacial score (nSPS) is 31.4. The molecule has 0 radical (unpaired) electrons. The van der Waals surface area contributed by atoms with Crippen molar-refractivity contribution in [2.75, 3.05) is 20.8 Å². The highest BCUT2D eigenvalue weighted by Gasteiger charge is 2.84. The lowest BCUT2D eigenvalue weighted by Gasteiger charge is -2.59. The number of aliphatic hydroxyl groups is 4. The molecule has 17 nitrogen and oxygen atoms in total. The fourth-order valence-corrected chi connectivity index (χ4v) is 11.4. The molecule has 2 aromatic rings. The molecular weight excluding hydrogens is 955 g/mol. The number of allylic oxidation sites excluding steroid dienone is 4. The molecule has 1 spiro atoms. The molecule has 4 heterocycles. The number of hydrogen-bond acceptors (Lipinski definition) is 17. The quantitative estimate of drug-likeness (QED) is 0.0404. The number of esters is 2. The third kappa shape index (κ3) is 9.07. The first-order valence-electron chi connectivity index (χ1n) is 25.2. The summed E-state index contributed by atoms with van der Waals surface area (Å²) in [5.41, 5.74) is -3.43. The van der Waals surface area contributed by atoms with Gasteiger partial charge in [-0.25, -0.2) is 4.79 Å². The Labute approximate surface area is 431 Å². The maximum absolute atomic E-state index is 16.0. The van der Waals surface area contributed by atoms with E-state index >= 15 is 9.59 Å². The average molecular weight is 1020 g/mol. The Kier molecular flexibility index (Phi) is 14.8.